The second-order valence-electron chi connectivity index (χ2n) is 12.9. The summed E-state index contributed by atoms with van der Waals surface area (Å²) >= 11 is 0. The highest BCUT2D eigenvalue weighted by Gasteiger charge is 2.40. The minimum Gasteiger partial charge on any atom is -0.508 e. The number of methoxy groups -OCH3 is 2. The third-order valence-corrected chi connectivity index (χ3v) is 9.59. The number of aliphatic hydroxyl groups excluding tert-OH is 1. The zero-order chi connectivity index (χ0) is 39.2. The van der Waals surface area contributed by atoms with Gasteiger partial charge < -0.3 is 44.1 Å². The Balaban J connectivity index is 1.45. The van der Waals surface area contributed by atoms with Gasteiger partial charge in [-0.15, -0.1) is 0 Å². The van der Waals surface area contributed by atoms with Gasteiger partial charge >= 0.3 is 23.9 Å². The Morgan fingerprint density at radius 2 is 1.25 bits per heavy atom. The van der Waals surface area contributed by atoms with E-state index in [1.807, 2.05) is 0 Å². The van der Waals surface area contributed by atoms with E-state index in [1.54, 1.807) is 20.8 Å². The van der Waals surface area contributed by atoms with Crippen molar-refractivity contribution in [2.24, 2.45) is 5.92 Å². The van der Waals surface area contributed by atoms with Gasteiger partial charge in [-0.1, -0.05) is 0 Å². The SMILES string of the molecule is COC1=CC(O)=CC(=O)C1C(=O)Oc1c(C)c(C)c(C(=O)Oc2cc(C)c(C(=O)Oc3cc(OC)c(C(=O)O)c(C)c3C)c(O)c2C)c(O)c1C1CC1. The molecule has 1 atom stereocenters. The van der Waals surface area contributed by atoms with Crippen LogP contribution in [-0.2, 0) is 14.3 Å². The van der Waals surface area contributed by atoms with Crippen molar-refractivity contribution in [3.63, 3.8) is 0 Å². The summed E-state index contributed by atoms with van der Waals surface area (Å²) in [6.07, 6.45) is 3.25. The molecule has 278 valence electrons. The number of aromatic hydroxyl groups is 2. The number of benzene rings is 3. The van der Waals surface area contributed by atoms with Gasteiger partial charge in [-0.2, -0.15) is 0 Å². The van der Waals surface area contributed by atoms with E-state index < -0.39 is 47.1 Å². The van der Waals surface area contributed by atoms with Crippen LogP contribution >= 0.6 is 0 Å². The number of esters is 3. The molecule has 14 nitrogen and oxygen atoms in total. The standard InChI is InChI=1S/C39H38O14/c1-15-11-24(20(6)33(42)28(15)37(46)52-25-14-27(50-8)29(36(44)45)17(3)16(25)2)51-38(47)30-18(4)19(5)35(31(34(30)43)21-9-10-21)53-39(48)32-23(41)12-22(40)13-26(32)49-7/h11-14,21,32,40,42-43H,9-10H2,1-8H3,(H,44,45). The number of carbonyl (C=O) groups is 5. The van der Waals surface area contributed by atoms with Crippen molar-refractivity contribution >= 4 is 29.7 Å². The molecule has 4 N–H and O–H groups in total. The van der Waals surface area contributed by atoms with Crippen LogP contribution in [0.5, 0.6) is 34.5 Å². The summed E-state index contributed by atoms with van der Waals surface area (Å²) in [7, 11) is 2.52. The maximum atomic E-state index is 13.8. The number of allylic oxidation sites excluding steroid dienone is 2. The van der Waals surface area contributed by atoms with Crippen molar-refractivity contribution in [1.29, 1.82) is 0 Å². The molecule has 1 fully saturated rings. The van der Waals surface area contributed by atoms with Crippen LogP contribution in [0.2, 0.25) is 0 Å². The molecule has 5 rings (SSSR count). The van der Waals surface area contributed by atoms with Crippen LogP contribution < -0.4 is 18.9 Å². The van der Waals surface area contributed by atoms with Crippen LogP contribution in [0.1, 0.15) is 88.8 Å². The monoisotopic (exact) mass is 730 g/mol. The minimum absolute atomic E-state index is 0.00340. The average Bonchev–Trinajstić information content (AvgIpc) is 3.92. The molecule has 1 saturated carbocycles. The third-order valence-electron chi connectivity index (χ3n) is 9.59. The number of hydrogen-bond acceptors (Lipinski definition) is 13. The van der Waals surface area contributed by atoms with E-state index in [-0.39, 0.29) is 79.4 Å². The number of aryl methyl sites for hydroxylation is 1. The number of carboxylic acids is 1. The predicted molar refractivity (Wildman–Crippen MR) is 186 cm³/mol. The Bertz CT molecular complexity index is 2180. The van der Waals surface area contributed by atoms with Gasteiger partial charge in [0.2, 0.25) is 0 Å². The molecular weight excluding hydrogens is 692 g/mol. The molecule has 1 unspecified atom stereocenters. The molecule has 3 aromatic carbocycles. The smallest absolute Gasteiger partial charge is 0.347 e. The molecule has 0 radical (unpaired) electrons. The van der Waals surface area contributed by atoms with Crippen molar-refractivity contribution in [3.05, 3.63) is 91.4 Å². The lowest BCUT2D eigenvalue weighted by molar-refractivity contribution is -0.142. The van der Waals surface area contributed by atoms with Gasteiger partial charge in [-0.3, -0.25) is 9.59 Å². The number of phenolic OH excluding ortho intramolecular Hbond substituents is 2. The van der Waals surface area contributed by atoms with E-state index in [2.05, 4.69) is 0 Å². The highest BCUT2D eigenvalue weighted by atomic mass is 16.6. The van der Waals surface area contributed by atoms with E-state index in [0.29, 0.717) is 29.5 Å². The van der Waals surface area contributed by atoms with Crippen molar-refractivity contribution in [2.75, 3.05) is 14.2 Å². The van der Waals surface area contributed by atoms with Gasteiger partial charge in [-0.25, -0.2) is 14.4 Å². The number of aromatic carboxylic acids is 1. The number of carbonyl (C=O) groups excluding carboxylic acids is 4. The maximum Gasteiger partial charge on any atom is 0.347 e. The summed E-state index contributed by atoms with van der Waals surface area (Å²) in [5.74, 6) is -8.38. The Hall–Kier alpha value is -6.31. The van der Waals surface area contributed by atoms with E-state index in [9.17, 15) is 44.4 Å². The first-order valence-electron chi connectivity index (χ1n) is 16.4. The largest absolute Gasteiger partial charge is 0.508 e. The van der Waals surface area contributed by atoms with E-state index in [4.69, 9.17) is 23.7 Å². The van der Waals surface area contributed by atoms with Crippen molar-refractivity contribution in [3.8, 4) is 34.5 Å². The second-order valence-corrected chi connectivity index (χ2v) is 12.9. The van der Waals surface area contributed by atoms with E-state index in [1.165, 1.54) is 47.1 Å². The number of carboxylic acid groups (broad SMARTS) is 1. The van der Waals surface area contributed by atoms with Gasteiger partial charge in [-0.05, 0) is 94.2 Å². The molecule has 0 amide bonds. The van der Waals surface area contributed by atoms with Crippen molar-refractivity contribution in [1.82, 2.24) is 0 Å². The van der Waals surface area contributed by atoms with Gasteiger partial charge in [0.1, 0.15) is 62.7 Å². The molecule has 14 heteroatoms. The molecule has 0 saturated heterocycles. The first-order chi connectivity index (χ1) is 24.9. The van der Waals surface area contributed by atoms with Crippen LogP contribution in [0.15, 0.2) is 35.8 Å². The lowest BCUT2D eigenvalue weighted by atomic mass is 9.93. The molecule has 0 heterocycles. The molecule has 2 aliphatic carbocycles. The highest BCUT2D eigenvalue weighted by molar-refractivity contribution is 6.09. The molecule has 3 aromatic rings. The van der Waals surface area contributed by atoms with Crippen molar-refractivity contribution in [2.45, 2.75) is 60.3 Å². The second kappa shape index (κ2) is 14.4. The maximum absolute atomic E-state index is 13.8. The zero-order valence-electron chi connectivity index (χ0n) is 30.2. The Labute approximate surface area is 303 Å². The number of hydrogen-bond donors (Lipinski definition) is 4. The predicted octanol–water partition coefficient (Wildman–Crippen LogP) is 6.05. The summed E-state index contributed by atoms with van der Waals surface area (Å²) < 4.78 is 27.4. The number of phenols is 2. The molecular formula is C39H38O14. The third kappa shape index (κ3) is 6.87. The topological polar surface area (TPSA) is 212 Å². The Morgan fingerprint density at radius 1 is 0.660 bits per heavy atom. The van der Waals surface area contributed by atoms with Crippen LogP contribution in [0.25, 0.3) is 0 Å². The number of rotatable bonds is 10. The van der Waals surface area contributed by atoms with Gasteiger partial charge in [0.15, 0.2) is 11.7 Å². The average molecular weight is 731 g/mol. The Morgan fingerprint density at radius 3 is 1.81 bits per heavy atom. The van der Waals surface area contributed by atoms with Crippen LogP contribution in [0, 0.1) is 47.5 Å². The fourth-order valence-electron chi connectivity index (χ4n) is 6.24. The summed E-state index contributed by atoms with van der Waals surface area (Å²) in [5, 5.41) is 42.1. The fraction of sp³-hybridized carbons (Fsp3) is 0.308. The quantitative estimate of drug-likeness (QED) is 0.106. The van der Waals surface area contributed by atoms with Gasteiger partial charge in [0.05, 0.1) is 14.2 Å². The first-order valence-corrected chi connectivity index (χ1v) is 16.4. The Kier molecular flexibility index (Phi) is 10.3. The molecule has 53 heavy (non-hydrogen) atoms. The number of ketones is 1. The lowest BCUT2D eigenvalue weighted by Gasteiger charge is -2.23. The van der Waals surface area contributed by atoms with Crippen LogP contribution in [-0.4, -0.2) is 64.3 Å². The molecule has 0 aromatic heterocycles. The normalized spacial score (nSPS) is 15.2. The fourth-order valence-corrected chi connectivity index (χ4v) is 6.24. The van der Waals surface area contributed by atoms with Crippen molar-refractivity contribution < 1.29 is 68.1 Å². The number of aliphatic hydroxyl groups is 1. The van der Waals surface area contributed by atoms with Crippen LogP contribution in [0.4, 0.5) is 0 Å². The lowest BCUT2D eigenvalue weighted by Crippen LogP contribution is -2.32. The van der Waals surface area contributed by atoms with Crippen LogP contribution in [0.3, 0.4) is 0 Å². The summed E-state index contributed by atoms with van der Waals surface area (Å²) in [6.45, 7) is 9.11. The summed E-state index contributed by atoms with van der Waals surface area (Å²) in [4.78, 5) is 64.9. The molecule has 0 spiro atoms. The van der Waals surface area contributed by atoms with E-state index in [0.717, 1.165) is 12.2 Å². The summed E-state index contributed by atoms with van der Waals surface area (Å²) in [6, 6.07) is 2.62. The van der Waals surface area contributed by atoms with Gasteiger partial charge in [0, 0.05) is 29.3 Å². The highest BCUT2D eigenvalue weighted by Crippen LogP contribution is 2.52. The molecule has 2 aliphatic rings. The number of ether oxygens (including phenoxy) is 5. The molecule has 0 bridgehead atoms. The zero-order valence-corrected chi connectivity index (χ0v) is 30.2. The minimum atomic E-state index is -1.50. The molecule has 0 aliphatic heterocycles. The van der Waals surface area contributed by atoms with E-state index >= 15 is 0 Å². The van der Waals surface area contributed by atoms with Gasteiger partial charge in [0.25, 0.3) is 0 Å². The first kappa shape index (κ1) is 37.9. The summed E-state index contributed by atoms with van der Waals surface area (Å²) in [5.41, 5.74) is 1.05.